The smallest absolute Gasteiger partial charge is 0.251 e. The number of fused-ring (bicyclic) bond motifs is 1. The van der Waals surface area contributed by atoms with Crippen molar-refractivity contribution in [3.63, 3.8) is 0 Å². The van der Waals surface area contributed by atoms with Gasteiger partial charge in [0.25, 0.3) is 5.91 Å². The van der Waals surface area contributed by atoms with Crippen LogP contribution in [0.3, 0.4) is 0 Å². The van der Waals surface area contributed by atoms with Crippen LogP contribution in [0.15, 0.2) is 23.6 Å². The molecule has 2 aliphatic rings. The normalized spacial score (nSPS) is 19.2. The van der Waals surface area contributed by atoms with E-state index in [4.69, 9.17) is 4.74 Å². The van der Waals surface area contributed by atoms with Crippen LogP contribution in [0.25, 0.3) is 10.1 Å². The molecule has 1 N–H and O–H groups in total. The summed E-state index contributed by atoms with van der Waals surface area (Å²) in [6.07, 6.45) is 5.20. The van der Waals surface area contributed by atoms with E-state index in [1.165, 1.54) is 38.8 Å². The molecule has 0 bridgehead atoms. The summed E-state index contributed by atoms with van der Waals surface area (Å²) < 4.78 is 7.05. The number of likely N-dealkylation sites (tertiary alicyclic amines) is 1. The number of benzene rings is 1. The summed E-state index contributed by atoms with van der Waals surface area (Å²) in [6, 6.07) is 5.95. The lowest BCUT2D eigenvalue weighted by molar-refractivity contribution is 0.0939. The van der Waals surface area contributed by atoms with E-state index in [0.29, 0.717) is 11.0 Å². The van der Waals surface area contributed by atoms with E-state index < -0.39 is 0 Å². The summed E-state index contributed by atoms with van der Waals surface area (Å²) in [7, 11) is 0. The fourth-order valence-electron chi connectivity index (χ4n) is 3.87. The Labute approximate surface area is 159 Å². The molecule has 2 fully saturated rings. The van der Waals surface area contributed by atoms with Crippen molar-refractivity contribution in [1.82, 2.24) is 10.2 Å². The van der Waals surface area contributed by atoms with Crippen molar-refractivity contribution >= 4 is 27.3 Å². The molecule has 0 spiro atoms. The van der Waals surface area contributed by atoms with Gasteiger partial charge in [-0.1, -0.05) is 0 Å². The molecule has 1 amide bonds. The van der Waals surface area contributed by atoms with Crippen molar-refractivity contribution in [2.24, 2.45) is 5.41 Å². The summed E-state index contributed by atoms with van der Waals surface area (Å²) >= 11 is 1.65. The first-order valence-electron chi connectivity index (χ1n) is 9.73. The predicted molar refractivity (Wildman–Crippen MR) is 107 cm³/mol. The average molecular weight is 373 g/mol. The van der Waals surface area contributed by atoms with Crippen LogP contribution in [0.2, 0.25) is 0 Å². The Morgan fingerprint density at radius 1 is 1.31 bits per heavy atom. The molecule has 4 rings (SSSR count). The van der Waals surface area contributed by atoms with E-state index in [1.807, 2.05) is 26.0 Å². The Kier molecular flexibility index (Phi) is 4.93. The maximum Gasteiger partial charge on any atom is 0.251 e. The number of carbonyl (C=O) groups is 1. The Bertz CT molecular complexity index is 788. The third-order valence-corrected chi connectivity index (χ3v) is 6.36. The van der Waals surface area contributed by atoms with Gasteiger partial charge in [0.2, 0.25) is 0 Å². The molecule has 0 unspecified atom stereocenters. The summed E-state index contributed by atoms with van der Waals surface area (Å²) in [4.78, 5) is 15.3. The van der Waals surface area contributed by atoms with Crippen molar-refractivity contribution in [3.8, 4) is 5.75 Å². The molecule has 140 valence electrons. The second kappa shape index (κ2) is 7.20. The number of ether oxygens (including phenoxy) is 1. The molecule has 2 aromatic rings. The van der Waals surface area contributed by atoms with Crippen molar-refractivity contribution in [2.75, 3.05) is 26.2 Å². The lowest BCUT2D eigenvalue weighted by atomic mass is 10.1. The molecule has 1 saturated carbocycles. The summed E-state index contributed by atoms with van der Waals surface area (Å²) in [5.74, 6) is 0.823. The van der Waals surface area contributed by atoms with Crippen LogP contribution >= 0.6 is 11.3 Å². The van der Waals surface area contributed by atoms with E-state index in [9.17, 15) is 4.79 Å². The van der Waals surface area contributed by atoms with Crippen LogP contribution in [-0.2, 0) is 0 Å². The maximum atomic E-state index is 12.8. The molecule has 1 saturated heterocycles. The number of amides is 1. The molecular weight excluding hydrogens is 344 g/mol. The monoisotopic (exact) mass is 372 g/mol. The fraction of sp³-hybridized carbons (Fsp3) is 0.571. The lowest BCUT2D eigenvalue weighted by Gasteiger charge is -2.23. The summed E-state index contributed by atoms with van der Waals surface area (Å²) in [5, 5.41) is 6.34. The minimum atomic E-state index is 0.0154. The molecule has 1 aromatic heterocycles. The molecule has 1 aromatic carbocycles. The Balaban J connectivity index is 1.44. The maximum absolute atomic E-state index is 12.8. The highest BCUT2D eigenvalue weighted by Crippen LogP contribution is 2.46. The first kappa shape index (κ1) is 17.8. The largest absolute Gasteiger partial charge is 0.490 e. The number of thiophene rings is 1. The van der Waals surface area contributed by atoms with Crippen molar-refractivity contribution in [3.05, 3.63) is 29.1 Å². The highest BCUT2D eigenvalue weighted by molar-refractivity contribution is 7.17. The second-order valence-electron chi connectivity index (χ2n) is 8.14. The molecule has 0 atom stereocenters. The fourth-order valence-corrected chi connectivity index (χ4v) is 4.71. The Hall–Kier alpha value is -1.59. The molecule has 1 aliphatic heterocycles. The van der Waals surface area contributed by atoms with Gasteiger partial charge in [-0.05, 0) is 76.2 Å². The highest BCUT2D eigenvalue weighted by Gasteiger charge is 2.44. The zero-order valence-electron chi connectivity index (χ0n) is 15.7. The Morgan fingerprint density at radius 2 is 2.08 bits per heavy atom. The predicted octanol–water partition coefficient (Wildman–Crippen LogP) is 4.29. The summed E-state index contributed by atoms with van der Waals surface area (Å²) in [6.45, 7) is 8.39. The van der Waals surface area contributed by atoms with Crippen molar-refractivity contribution in [2.45, 2.75) is 45.6 Å². The molecule has 26 heavy (non-hydrogen) atoms. The number of nitrogens with one attached hydrogen (secondary N) is 1. The quantitative estimate of drug-likeness (QED) is 0.788. The first-order valence-corrected chi connectivity index (χ1v) is 10.6. The second-order valence-corrected chi connectivity index (χ2v) is 9.09. The van der Waals surface area contributed by atoms with Crippen LogP contribution in [0, 0.1) is 5.41 Å². The Morgan fingerprint density at radius 3 is 2.77 bits per heavy atom. The van der Waals surface area contributed by atoms with Crippen LogP contribution in [0.5, 0.6) is 5.75 Å². The average Bonchev–Trinajstić information content (AvgIpc) is 3.00. The molecular formula is C21H28N2O2S. The van der Waals surface area contributed by atoms with Crippen LogP contribution in [-0.4, -0.2) is 43.1 Å². The number of nitrogens with zero attached hydrogens (tertiary/aromatic N) is 1. The van der Waals surface area contributed by atoms with Gasteiger partial charge in [-0.2, -0.15) is 0 Å². The minimum absolute atomic E-state index is 0.0154. The van der Waals surface area contributed by atoms with Gasteiger partial charge in [-0.3, -0.25) is 4.79 Å². The van der Waals surface area contributed by atoms with Gasteiger partial charge in [-0.15, -0.1) is 11.3 Å². The van der Waals surface area contributed by atoms with E-state index in [0.717, 1.165) is 28.9 Å². The number of carbonyl (C=O) groups excluding carboxylic acids is 1. The van der Waals surface area contributed by atoms with Crippen LogP contribution in [0.1, 0.15) is 49.9 Å². The van der Waals surface area contributed by atoms with E-state index in [-0.39, 0.29) is 12.0 Å². The van der Waals surface area contributed by atoms with Crippen LogP contribution in [0.4, 0.5) is 0 Å². The van der Waals surface area contributed by atoms with E-state index in [1.54, 1.807) is 11.3 Å². The standard InChI is InChI=1S/C21H28N2O2S/c1-15(2)25-18-11-16(12-19-17(18)5-10-26-19)20(24)22-13-21(6-7-21)14-23-8-3-4-9-23/h5,10-12,15H,3-4,6-9,13-14H2,1-2H3,(H,22,24). The van der Waals surface area contributed by atoms with Crippen molar-refractivity contribution < 1.29 is 9.53 Å². The zero-order chi connectivity index (χ0) is 18.1. The van der Waals surface area contributed by atoms with Gasteiger partial charge in [0, 0.05) is 34.2 Å². The lowest BCUT2D eigenvalue weighted by Crippen LogP contribution is -2.37. The van der Waals surface area contributed by atoms with Crippen LogP contribution < -0.4 is 10.1 Å². The number of hydrogen-bond donors (Lipinski definition) is 1. The molecule has 0 radical (unpaired) electrons. The highest BCUT2D eigenvalue weighted by atomic mass is 32.1. The van der Waals surface area contributed by atoms with Gasteiger partial charge in [0.05, 0.1) is 6.10 Å². The SMILES string of the molecule is CC(C)Oc1cc(C(=O)NCC2(CN3CCCC3)CC2)cc2sccc12. The third-order valence-electron chi connectivity index (χ3n) is 5.50. The van der Waals surface area contributed by atoms with Gasteiger partial charge in [0.15, 0.2) is 0 Å². The molecule has 4 nitrogen and oxygen atoms in total. The van der Waals surface area contributed by atoms with E-state index in [2.05, 4.69) is 21.7 Å². The minimum Gasteiger partial charge on any atom is -0.490 e. The molecule has 1 aliphatic carbocycles. The number of hydrogen-bond acceptors (Lipinski definition) is 4. The first-order chi connectivity index (χ1) is 12.5. The van der Waals surface area contributed by atoms with Crippen molar-refractivity contribution in [1.29, 1.82) is 0 Å². The third kappa shape index (κ3) is 3.89. The van der Waals surface area contributed by atoms with Gasteiger partial charge in [-0.25, -0.2) is 0 Å². The van der Waals surface area contributed by atoms with Gasteiger partial charge in [0.1, 0.15) is 5.75 Å². The number of rotatable bonds is 7. The summed E-state index contributed by atoms with van der Waals surface area (Å²) in [5.41, 5.74) is 1.01. The van der Waals surface area contributed by atoms with Gasteiger partial charge < -0.3 is 15.0 Å². The molecule has 2 heterocycles. The van der Waals surface area contributed by atoms with Gasteiger partial charge >= 0.3 is 0 Å². The topological polar surface area (TPSA) is 41.6 Å². The van der Waals surface area contributed by atoms with E-state index >= 15 is 0 Å². The molecule has 5 heteroatoms. The zero-order valence-corrected chi connectivity index (χ0v) is 16.5.